The lowest BCUT2D eigenvalue weighted by molar-refractivity contribution is 0.0927. The SMILES string of the molecule is NS(=O)(=O)c1cc(C(=O)NC2CCCCC2)cc(Cl)c1Cl. The summed E-state index contributed by atoms with van der Waals surface area (Å²) < 4.78 is 22.9. The van der Waals surface area contributed by atoms with Gasteiger partial charge in [-0.15, -0.1) is 0 Å². The Morgan fingerprint density at radius 2 is 1.81 bits per heavy atom. The second kappa shape index (κ2) is 6.52. The lowest BCUT2D eigenvalue weighted by atomic mass is 9.95. The van der Waals surface area contributed by atoms with Gasteiger partial charge in [-0.05, 0) is 25.0 Å². The molecule has 2 rings (SSSR count). The number of carbonyl (C=O) groups is 1. The number of rotatable bonds is 3. The molecule has 1 fully saturated rings. The molecule has 1 aliphatic rings. The number of nitrogens with two attached hydrogens (primary N) is 1. The van der Waals surface area contributed by atoms with E-state index in [2.05, 4.69) is 5.32 Å². The van der Waals surface area contributed by atoms with E-state index in [9.17, 15) is 13.2 Å². The fraction of sp³-hybridized carbons (Fsp3) is 0.462. The van der Waals surface area contributed by atoms with Gasteiger partial charge in [-0.25, -0.2) is 13.6 Å². The number of primary sulfonamides is 1. The molecule has 116 valence electrons. The molecule has 1 amide bonds. The molecule has 8 heteroatoms. The van der Waals surface area contributed by atoms with Gasteiger partial charge in [0.25, 0.3) is 5.91 Å². The number of halogens is 2. The summed E-state index contributed by atoms with van der Waals surface area (Å²) in [5.74, 6) is -0.370. The Morgan fingerprint density at radius 1 is 1.19 bits per heavy atom. The molecule has 0 radical (unpaired) electrons. The highest BCUT2D eigenvalue weighted by atomic mass is 35.5. The van der Waals surface area contributed by atoms with Crippen molar-refractivity contribution >= 4 is 39.1 Å². The summed E-state index contributed by atoms with van der Waals surface area (Å²) in [6, 6.07) is 2.61. The highest BCUT2D eigenvalue weighted by Gasteiger charge is 2.21. The number of hydrogen-bond acceptors (Lipinski definition) is 3. The van der Waals surface area contributed by atoms with E-state index in [1.54, 1.807) is 0 Å². The first-order valence-corrected chi connectivity index (χ1v) is 8.92. The summed E-state index contributed by atoms with van der Waals surface area (Å²) in [4.78, 5) is 11.9. The van der Waals surface area contributed by atoms with Crippen molar-refractivity contribution in [2.24, 2.45) is 5.14 Å². The van der Waals surface area contributed by atoms with E-state index < -0.39 is 10.0 Å². The van der Waals surface area contributed by atoms with Crippen LogP contribution in [0.15, 0.2) is 17.0 Å². The van der Waals surface area contributed by atoms with E-state index in [1.165, 1.54) is 12.5 Å². The molecule has 5 nitrogen and oxygen atoms in total. The average molecular weight is 351 g/mol. The third-order valence-corrected chi connectivity index (χ3v) is 5.35. The van der Waals surface area contributed by atoms with Gasteiger partial charge in [-0.1, -0.05) is 42.5 Å². The normalized spacial score (nSPS) is 16.7. The topological polar surface area (TPSA) is 89.3 Å². The number of benzene rings is 1. The van der Waals surface area contributed by atoms with Crippen LogP contribution in [0.25, 0.3) is 0 Å². The predicted octanol–water partition coefficient (Wildman–Crippen LogP) is 2.70. The van der Waals surface area contributed by atoms with Crippen LogP contribution in [0.4, 0.5) is 0 Å². The Labute approximate surface area is 133 Å². The molecule has 21 heavy (non-hydrogen) atoms. The largest absolute Gasteiger partial charge is 0.349 e. The molecule has 1 saturated carbocycles. The molecule has 0 saturated heterocycles. The summed E-state index contributed by atoms with van der Waals surface area (Å²) >= 11 is 11.7. The van der Waals surface area contributed by atoms with Crippen molar-refractivity contribution in [1.82, 2.24) is 5.32 Å². The second-order valence-corrected chi connectivity index (χ2v) is 7.44. The smallest absolute Gasteiger partial charge is 0.251 e. The van der Waals surface area contributed by atoms with Crippen LogP contribution in [0.3, 0.4) is 0 Å². The van der Waals surface area contributed by atoms with Gasteiger partial charge in [0.05, 0.1) is 10.0 Å². The van der Waals surface area contributed by atoms with Crippen molar-refractivity contribution in [2.45, 2.75) is 43.0 Å². The van der Waals surface area contributed by atoms with Crippen LogP contribution in [0.5, 0.6) is 0 Å². The average Bonchev–Trinajstić information content (AvgIpc) is 2.41. The van der Waals surface area contributed by atoms with Crippen molar-refractivity contribution in [2.75, 3.05) is 0 Å². The Balaban J connectivity index is 2.27. The fourth-order valence-electron chi connectivity index (χ4n) is 2.42. The van der Waals surface area contributed by atoms with Gasteiger partial charge in [0.15, 0.2) is 0 Å². The first kappa shape index (κ1) is 16.5. The number of amides is 1. The van der Waals surface area contributed by atoms with Crippen LogP contribution in [-0.4, -0.2) is 20.4 Å². The van der Waals surface area contributed by atoms with Crippen molar-refractivity contribution in [3.63, 3.8) is 0 Å². The van der Waals surface area contributed by atoms with Gasteiger partial charge < -0.3 is 5.32 Å². The zero-order chi connectivity index (χ0) is 15.6. The number of nitrogens with one attached hydrogen (secondary N) is 1. The summed E-state index contributed by atoms with van der Waals surface area (Å²) in [6.07, 6.45) is 5.18. The van der Waals surface area contributed by atoms with Crippen LogP contribution < -0.4 is 10.5 Å². The van der Waals surface area contributed by atoms with Gasteiger partial charge in [-0.2, -0.15) is 0 Å². The van der Waals surface area contributed by atoms with Gasteiger partial charge in [0.2, 0.25) is 10.0 Å². The third-order valence-electron chi connectivity index (χ3n) is 3.50. The maximum absolute atomic E-state index is 12.2. The maximum atomic E-state index is 12.2. The highest BCUT2D eigenvalue weighted by molar-refractivity contribution is 7.89. The van der Waals surface area contributed by atoms with Crippen LogP contribution in [0, 0.1) is 0 Å². The first-order chi connectivity index (χ1) is 9.79. The van der Waals surface area contributed by atoms with Gasteiger partial charge >= 0.3 is 0 Å². The van der Waals surface area contributed by atoms with E-state index in [1.807, 2.05) is 0 Å². The summed E-state index contributed by atoms with van der Waals surface area (Å²) in [5, 5.41) is 7.77. The molecule has 1 aromatic rings. The molecule has 0 spiro atoms. The Kier molecular flexibility index (Phi) is 5.14. The lowest BCUT2D eigenvalue weighted by Crippen LogP contribution is -2.36. The van der Waals surface area contributed by atoms with E-state index in [0.717, 1.165) is 31.7 Å². The molecule has 0 aromatic heterocycles. The second-order valence-electron chi connectivity index (χ2n) is 5.12. The Morgan fingerprint density at radius 3 is 2.38 bits per heavy atom. The van der Waals surface area contributed by atoms with Crippen molar-refractivity contribution in [3.8, 4) is 0 Å². The number of sulfonamides is 1. The minimum Gasteiger partial charge on any atom is -0.349 e. The molecule has 0 bridgehead atoms. The zero-order valence-electron chi connectivity index (χ0n) is 11.2. The molecule has 1 aromatic carbocycles. The van der Waals surface area contributed by atoms with E-state index in [0.29, 0.717) is 0 Å². The fourth-order valence-corrected chi connectivity index (χ4v) is 3.78. The van der Waals surface area contributed by atoms with E-state index in [-0.39, 0.29) is 32.5 Å². The predicted molar refractivity (Wildman–Crippen MR) is 82.2 cm³/mol. The van der Waals surface area contributed by atoms with Gasteiger partial charge in [-0.3, -0.25) is 4.79 Å². The molecule has 3 N–H and O–H groups in total. The third kappa shape index (κ3) is 4.10. The number of hydrogen-bond donors (Lipinski definition) is 2. The zero-order valence-corrected chi connectivity index (χ0v) is 13.6. The minimum absolute atomic E-state index is 0.0167. The van der Waals surface area contributed by atoms with Crippen molar-refractivity contribution in [1.29, 1.82) is 0 Å². The molecule has 1 aliphatic carbocycles. The van der Waals surface area contributed by atoms with Crippen LogP contribution >= 0.6 is 23.2 Å². The minimum atomic E-state index is -4.04. The van der Waals surface area contributed by atoms with Crippen LogP contribution in [0.2, 0.25) is 10.0 Å². The van der Waals surface area contributed by atoms with Gasteiger partial charge in [0.1, 0.15) is 4.90 Å². The molecular formula is C13H16Cl2N2O3S. The maximum Gasteiger partial charge on any atom is 0.251 e. The summed E-state index contributed by atoms with van der Waals surface area (Å²) in [5.41, 5.74) is 0.138. The Bertz CT molecular complexity index is 656. The van der Waals surface area contributed by atoms with Crippen molar-refractivity contribution in [3.05, 3.63) is 27.7 Å². The molecule has 0 unspecified atom stereocenters. The molecule has 0 heterocycles. The standard InChI is InChI=1S/C13H16Cl2N2O3S/c14-10-6-8(7-11(12(10)15)21(16,19)20)13(18)17-9-4-2-1-3-5-9/h6-7,9H,1-5H2,(H,17,18)(H2,16,19,20). The van der Waals surface area contributed by atoms with Crippen molar-refractivity contribution < 1.29 is 13.2 Å². The van der Waals surface area contributed by atoms with Gasteiger partial charge in [0, 0.05) is 11.6 Å². The lowest BCUT2D eigenvalue weighted by Gasteiger charge is -2.23. The van der Waals surface area contributed by atoms with E-state index in [4.69, 9.17) is 28.3 Å². The van der Waals surface area contributed by atoms with Crippen LogP contribution in [0.1, 0.15) is 42.5 Å². The molecule has 0 aliphatic heterocycles. The number of carbonyl (C=O) groups excluding carboxylic acids is 1. The van der Waals surface area contributed by atoms with E-state index >= 15 is 0 Å². The summed E-state index contributed by atoms with van der Waals surface area (Å²) in [7, 11) is -4.04. The molecule has 0 atom stereocenters. The monoisotopic (exact) mass is 350 g/mol. The quantitative estimate of drug-likeness (QED) is 0.877. The summed E-state index contributed by atoms with van der Waals surface area (Å²) in [6.45, 7) is 0. The Hall–Kier alpha value is -0.820. The highest BCUT2D eigenvalue weighted by Crippen LogP contribution is 2.30. The van der Waals surface area contributed by atoms with Crippen LogP contribution in [-0.2, 0) is 10.0 Å². The first-order valence-electron chi connectivity index (χ1n) is 6.62. The molecular weight excluding hydrogens is 335 g/mol.